The first kappa shape index (κ1) is 22.9. The molecule has 2 heterocycles. The first-order chi connectivity index (χ1) is 16.5. The van der Waals surface area contributed by atoms with E-state index >= 15 is 0 Å². The Morgan fingerprint density at radius 2 is 1.71 bits per heavy atom. The highest BCUT2D eigenvalue weighted by molar-refractivity contribution is 5.80. The van der Waals surface area contributed by atoms with Crippen molar-refractivity contribution in [1.82, 2.24) is 15.0 Å². The van der Waals surface area contributed by atoms with Gasteiger partial charge in [-0.3, -0.25) is 10.1 Å². The highest BCUT2D eigenvalue weighted by Crippen LogP contribution is 2.21. The van der Waals surface area contributed by atoms with Crippen molar-refractivity contribution in [3.63, 3.8) is 0 Å². The highest BCUT2D eigenvalue weighted by atomic mass is 16.6. The van der Waals surface area contributed by atoms with Gasteiger partial charge in [-0.1, -0.05) is 12.1 Å². The Hall–Kier alpha value is -4.32. The van der Waals surface area contributed by atoms with Gasteiger partial charge in [-0.05, 0) is 29.8 Å². The zero-order valence-electron chi connectivity index (χ0n) is 18.9. The summed E-state index contributed by atoms with van der Waals surface area (Å²) in [7, 11) is 3.97. The molecule has 2 aromatic carbocycles. The number of rotatable bonds is 8. The highest BCUT2D eigenvalue weighted by Gasteiger charge is 2.17. The van der Waals surface area contributed by atoms with Crippen LogP contribution in [0.2, 0.25) is 0 Å². The summed E-state index contributed by atoms with van der Waals surface area (Å²) < 4.78 is 5.42. The molecule has 0 radical (unpaired) electrons. The lowest BCUT2D eigenvalue weighted by atomic mass is 10.2. The van der Waals surface area contributed by atoms with E-state index in [-0.39, 0.29) is 11.6 Å². The lowest BCUT2D eigenvalue weighted by Gasteiger charge is -2.27. The van der Waals surface area contributed by atoms with Crippen LogP contribution in [0.4, 0.5) is 34.9 Å². The number of nitrogens with one attached hydrogen (secondary N) is 2. The average Bonchev–Trinajstić information content (AvgIpc) is 2.85. The Kier molecular flexibility index (Phi) is 7.08. The van der Waals surface area contributed by atoms with E-state index in [1.54, 1.807) is 18.3 Å². The van der Waals surface area contributed by atoms with Gasteiger partial charge in [0.2, 0.25) is 17.8 Å². The molecule has 0 amide bonds. The average molecular weight is 464 g/mol. The topological polar surface area (TPSA) is 134 Å². The molecule has 3 aromatic rings. The second kappa shape index (κ2) is 10.5. The monoisotopic (exact) mass is 463 g/mol. The predicted molar refractivity (Wildman–Crippen MR) is 131 cm³/mol. The van der Waals surface area contributed by atoms with Crippen molar-refractivity contribution in [2.75, 3.05) is 60.9 Å². The van der Waals surface area contributed by atoms with Crippen LogP contribution in [0, 0.1) is 10.1 Å². The summed E-state index contributed by atoms with van der Waals surface area (Å²) in [5.74, 6) is 1.04. The normalized spacial score (nSPS) is 13.6. The van der Waals surface area contributed by atoms with Crippen LogP contribution in [0.5, 0.6) is 0 Å². The van der Waals surface area contributed by atoms with Gasteiger partial charge < -0.3 is 19.9 Å². The number of nitrogens with zero attached hydrogens (tertiary/aromatic N) is 7. The number of aromatic nitrogens is 3. The van der Waals surface area contributed by atoms with Crippen molar-refractivity contribution in [3.8, 4) is 0 Å². The van der Waals surface area contributed by atoms with Crippen LogP contribution in [0.3, 0.4) is 0 Å². The molecule has 4 rings (SSSR count). The third kappa shape index (κ3) is 5.92. The summed E-state index contributed by atoms with van der Waals surface area (Å²) >= 11 is 0. The van der Waals surface area contributed by atoms with E-state index in [9.17, 15) is 10.1 Å². The summed E-state index contributed by atoms with van der Waals surface area (Å²) in [5.41, 5.74) is 5.50. The largest absolute Gasteiger partial charge is 0.378 e. The number of anilines is 5. The summed E-state index contributed by atoms with van der Waals surface area (Å²) in [5, 5.41) is 18.2. The zero-order chi connectivity index (χ0) is 23.9. The van der Waals surface area contributed by atoms with Crippen molar-refractivity contribution in [1.29, 1.82) is 0 Å². The fraction of sp³-hybridized carbons (Fsp3) is 0.273. The number of nitro groups is 1. The quantitative estimate of drug-likeness (QED) is 0.292. The number of nitro benzene ring substituents is 1. The van der Waals surface area contributed by atoms with Crippen molar-refractivity contribution in [3.05, 3.63) is 64.2 Å². The van der Waals surface area contributed by atoms with E-state index in [0.29, 0.717) is 43.9 Å². The first-order valence-electron chi connectivity index (χ1n) is 10.6. The third-order valence-corrected chi connectivity index (χ3v) is 5.04. The number of hydrogen-bond acceptors (Lipinski definition) is 11. The van der Waals surface area contributed by atoms with Crippen LogP contribution < -0.4 is 20.5 Å². The van der Waals surface area contributed by atoms with E-state index in [2.05, 4.69) is 30.8 Å². The molecular weight excluding hydrogens is 438 g/mol. The fourth-order valence-corrected chi connectivity index (χ4v) is 3.19. The van der Waals surface area contributed by atoms with Gasteiger partial charge >= 0.3 is 0 Å². The minimum atomic E-state index is -0.447. The van der Waals surface area contributed by atoms with Crippen LogP contribution in [-0.2, 0) is 4.74 Å². The molecule has 0 aliphatic carbocycles. The lowest BCUT2D eigenvalue weighted by molar-refractivity contribution is -0.384. The van der Waals surface area contributed by atoms with E-state index < -0.39 is 4.92 Å². The maximum Gasteiger partial charge on any atom is 0.269 e. The van der Waals surface area contributed by atoms with Crippen LogP contribution in [-0.4, -0.2) is 66.5 Å². The summed E-state index contributed by atoms with van der Waals surface area (Å²) in [6, 6.07) is 14.0. The molecule has 0 bridgehead atoms. The summed E-state index contributed by atoms with van der Waals surface area (Å²) in [6.45, 7) is 2.48. The Morgan fingerprint density at radius 3 is 2.35 bits per heavy atom. The number of hydrogen-bond donors (Lipinski definition) is 2. The summed E-state index contributed by atoms with van der Waals surface area (Å²) in [6.07, 6.45) is 1.68. The van der Waals surface area contributed by atoms with Crippen LogP contribution in [0.15, 0.2) is 53.6 Å². The van der Waals surface area contributed by atoms with Gasteiger partial charge in [-0.2, -0.15) is 20.1 Å². The van der Waals surface area contributed by atoms with Crippen LogP contribution >= 0.6 is 0 Å². The molecule has 34 heavy (non-hydrogen) atoms. The molecule has 2 N–H and O–H groups in total. The van der Waals surface area contributed by atoms with Crippen LogP contribution in [0.25, 0.3) is 0 Å². The minimum Gasteiger partial charge on any atom is -0.378 e. The molecule has 12 nitrogen and oxygen atoms in total. The molecule has 0 unspecified atom stereocenters. The Balaban J connectivity index is 1.53. The Labute approximate surface area is 196 Å². The molecule has 0 spiro atoms. The van der Waals surface area contributed by atoms with Gasteiger partial charge in [0.1, 0.15) is 0 Å². The van der Waals surface area contributed by atoms with Gasteiger partial charge in [-0.15, -0.1) is 0 Å². The number of benzene rings is 2. The van der Waals surface area contributed by atoms with Gasteiger partial charge in [0.25, 0.3) is 5.69 Å². The molecule has 1 aliphatic rings. The molecule has 0 saturated carbocycles. The fourth-order valence-electron chi connectivity index (χ4n) is 3.19. The molecule has 1 saturated heterocycles. The number of ether oxygens (including phenoxy) is 1. The Bertz CT molecular complexity index is 1150. The van der Waals surface area contributed by atoms with Gasteiger partial charge in [0, 0.05) is 50.7 Å². The SMILES string of the molecule is CN(C)c1ccc(/C=N/Nc2nc(Nc3ccc([N+](=O)[O-])cc3)nc(N3CCOCC3)n2)cc1. The number of non-ortho nitro benzene ring substituents is 1. The van der Waals surface area contributed by atoms with Crippen LogP contribution in [0.1, 0.15) is 5.56 Å². The Morgan fingerprint density at radius 1 is 1.03 bits per heavy atom. The molecular formula is C22H25N9O3. The van der Waals surface area contributed by atoms with Gasteiger partial charge in [0.05, 0.1) is 24.4 Å². The molecule has 0 atom stereocenters. The number of hydrazone groups is 1. The second-order valence-corrected chi connectivity index (χ2v) is 7.67. The first-order valence-corrected chi connectivity index (χ1v) is 10.6. The molecule has 1 fully saturated rings. The predicted octanol–water partition coefficient (Wildman–Crippen LogP) is 2.87. The van der Waals surface area contributed by atoms with Gasteiger partial charge in [-0.25, -0.2) is 5.43 Å². The standard InChI is InChI=1S/C22H25N9O3/c1-29(2)18-7-3-16(4-8-18)15-23-28-21-25-20(24-17-5-9-19(10-6-17)31(32)33)26-22(27-21)30-11-13-34-14-12-30/h3-10,15H,11-14H2,1-2H3,(H2,24,25,26,27,28)/b23-15+. The summed E-state index contributed by atoms with van der Waals surface area (Å²) in [4.78, 5) is 27.9. The third-order valence-electron chi connectivity index (χ3n) is 5.04. The zero-order valence-corrected chi connectivity index (χ0v) is 18.9. The van der Waals surface area contributed by atoms with Gasteiger partial charge in [0.15, 0.2) is 0 Å². The van der Waals surface area contributed by atoms with E-state index in [0.717, 1.165) is 11.3 Å². The van der Waals surface area contributed by atoms with Crippen molar-refractivity contribution in [2.24, 2.45) is 5.10 Å². The molecule has 1 aliphatic heterocycles. The van der Waals surface area contributed by atoms with E-state index in [1.165, 1.54) is 12.1 Å². The van der Waals surface area contributed by atoms with Crippen molar-refractivity contribution < 1.29 is 9.66 Å². The number of morpholine rings is 1. The van der Waals surface area contributed by atoms with E-state index in [1.807, 2.05) is 48.2 Å². The second-order valence-electron chi connectivity index (χ2n) is 7.67. The lowest BCUT2D eigenvalue weighted by Crippen LogP contribution is -2.37. The van der Waals surface area contributed by atoms with E-state index in [4.69, 9.17) is 4.74 Å². The van der Waals surface area contributed by atoms with Crippen molar-refractivity contribution >= 4 is 41.1 Å². The molecule has 1 aromatic heterocycles. The smallest absolute Gasteiger partial charge is 0.269 e. The minimum absolute atomic E-state index is 0.00510. The molecule has 12 heteroatoms. The maximum atomic E-state index is 10.9. The van der Waals surface area contributed by atoms with Crippen molar-refractivity contribution in [2.45, 2.75) is 0 Å². The molecule has 176 valence electrons. The maximum absolute atomic E-state index is 10.9.